The maximum atomic E-state index is 9.31. The molecule has 2 aliphatic carbocycles. The summed E-state index contributed by atoms with van der Waals surface area (Å²) in [5, 5.41) is 20.9. The van der Waals surface area contributed by atoms with Gasteiger partial charge in [0.2, 0.25) is 0 Å². The Morgan fingerprint density at radius 1 is 0.500 bits per heavy atom. The molecule has 4 aromatic heterocycles. The van der Waals surface area contributed by atoms with Crippen LogP contribution < -0.4 is 0 Å². The SMILES string of the molecule is CC1c2cc3c(cc2-c2sc(-c4cc5cc(C#N)ccc5s4)cc21)C(C)c1cc(-c2cc4cc(C#N)ccc4s2)sc1-3. The molecule has 198 valence electrons. The van der Waals surface area contributed by atoms with Crippen LogP contribution in [0.1, 0.15) is 59.1 Å². The van der Waals surface area contributed by atoms with Crippen LogP contribution in [0.2, 0.25) is 0 Å². The smallest absolute Gasteiger partial charge is 0.0991 e. The molecule has 0 saturated carbocycles. The number of hydrogen-bond acceptors (Lipinski definition) is 6. The molecule has 0 bridgehead atoms. The number of nitrogens with zero attached hydrogens (tertiary/aromatic N) is 2. The first-order valence-corrected chi connectivity index (χ1v) is 17.1. The topological polar surface area (TPSA) is 47.6 Å². The van der Waals surface area contributed by atoms with Gasteiger partial charge in [0.05, 0.1) is 23.3 Å². The van der Waals surface area contributed by atoms with E-state index in [1.54, 1.807) is 0 Å². The highest BCUT2D eigenvalue weighted by Crippen LogP contribution is 2.58. The lowest BCUT2D eigenvalue weighted by Crippen LogP contribution is -1.93. The van der Waals surface area contributed by atoms with Crippen LogP contribution >= 0.6 is 45.3 Å². The van der Waals surface area contributed by atoms with E-state index in [1.807, 2.05) is 69.6 Å². The highest BCUT2D eigenvalue weighted by molar-refractivity contribution is 7.28. The van der Waals surface area contributed by atoms with E-state index >= 15 is 0 Å². The average molecular weight is 609 g/mol. The van der Waals surface area contributed by atoms with Gasteiger partial charge in [0, 0.05) is 50.5 Å². The van der Waals surface area contributed by atoms with Crippen molar-refractivity contribution in [2.24, 2.45) is 0 Å². The maximum absolute atomic E-state index is 9.31. The van der Waals surface area contributed by atoms with Gasteiger partial charge < -0.3 is 0 Å². The van der Waals surface area contributed by atoms with Crippen molar-refractivity contribution in [3.63, 3.8) is 0 Å². The van der Waals surface area contributed by atoms with Crippen LogP contribution in [0, 0.1) is 22.7 Å². The highest BCUT2D eigenvalue weighted by atomic mass is 32.1. The van der Waals surface area contributed by atoms with E-state index in [0.717, 1.165) is 10.8 Å². The fraction of sp³-hybridized carbons (Fsp3) is 0.111. The third kappa shape index (κ3) is 3.38. The molecule has 42 heavy (non-hydrogen) atoms. The van der Waals surface area contributed by atoms with Crippen molar-refractivity contribution in [2.45, 2.75) is 25.7 Å². The zero-order chi connectivity index (χ0) is 28.3. The summed E-state index contributed by atoms with van der Waals surface area (Å²) in [4.78, 5) is 8.02. The van der Waals surface area contributed by atoms with Gasteiger partial charge in [0.1, 0.15) is 0 Å². The molecule has 7 aromatic rings. The largest absolute Gasteiger partial charge is 0.192 e. The van der Waals surface area contributed by atoms with E-state index in [4.69, 9.17) is 0 Å². The number of thiophene rings is 4. The minimum Gasteiger partial charge on any atom is -0.192 e. The Bertz CT molecular complexity index is 2210. The van der Waals surface area contributed by atoms with E-state index in [0.29, 0.717) is 23.0 Å². The van der Waals surface area contributed by atoms with Gasteiger partial charge >= 0.3 is 0 Å². The van der Waals surface area contributed by atoms with Crippen LogP contribution in [0.25, 0.3) is 60.6 Å². The molecule has 0 amide bonds. The summed E-state index contributed by atoms with van der Waals surface area (Å²) in [6, 6.07) is 30.7. The second kappa shape index (κ2) is 8.74. The molecule has 0 radical (unpaired) electrons. The van der Waals surface area contributed by atoms with Crippen LogP contribution in [-0.2, 0) is 0 Å². The molecule has 4 heterocycles. The Labute approximate surface area is 259 Å². The molecular formula is C36H20N2S4. The number of fused-ring (bicyclic) bond motifs is 8. The standard InChI is InChI=1S/C36H20N2S4/c1-17-23-11-28-24(18(2)26-14-34(42-36(26)28)32-10-22-8-20(16-38)4-6-30(22)40-32)12-27(23)35-25(17)13-33(41-35)31-9-21-7-19(15-37)3-5-29(21)39-31/h3-14,17-18H,1-2H3. The fourth-order valence-electron chi connectivity index (χ4n) is 6.66. The van der Waals surface area contributed by atoms with Crippen molar-refractivity contribution < 1.29 is 0 Å². The van der Waals surface area contributed by atoms with Gasteiger partial charge in [-0.1, -0.05) is 13.8 Å². The summed E-state index contributed by atoms with van der Waals surface area (Å²) in [5.41, 5.74) is 9.99. The molecule has 0 spiro atoms. The molecule has 9 rings (SSSR count). The lowest BCUT2D eigenvalue weighted by atomic mass is 9.93. The first-order chi connectivity index (χ1) is 20.5. The third-order valence-electron chi connectivity index (χ3n) is 8.88. The number of hydrogen-bond donors (Lipinski definition) is 0. The van der Waals surface area contributed by atoms with Gasteiger partial charge in [0.15, 0.2) is 0 Å². The average Bonchev–Trinajstić information content (AvgIpc) is 3.84. The first-order valence-electron chi connectivity index (χ1n) is 13.8. The molecule has 6 heteroatoms. The molecule has 2 unspecified atom stereocenters. The monoisotopic (exact) mass is 608 g/mol. The Morgan fingerprint density at radius 3 is 1.36 bits per heavy atom. The highest BCUT2D eigenvalue weighted by Gasteiger charge is 2.35. The zero-order valence-electron chi connectivity index (χ0n) is 22.6. The molecular weight excluding hydrogens is 589 g/mol. The molecule has 2 nitrogen and oxygen atoms in total. The van der Waals surface area contributed by atoms with Crippen LogP contribution in [0.5, 0.6) is 0 Å². The van der Waals surface area contributed by atoms with E-state index < -0.39 is 0 Å². The number of nitriles is 2. The minimum atomic E-state index is 0.362. The molecule has 0 aliphatic heterocycles. The first kappa shape index (κ1) is 24.5. The molecule has 2 atom stereocenters. The van der Waals surface area contributed by atoms with E-state index in [-0.39, 0.29) is 0 Å². The summed E-state index contributed by atoms with van der Waals surface area (Å²) in [6.45, 7) is 4.70. The van der Waals surface area contributed by atoms with Gasteiger partial charge in [0.25, 0.3) is 0 Å². The zero-order valence-corrected chi connectivity index (χ0v) is 25.9. The number of benzene rings is 3. The molecule has 2 aliphatic rings. The lowest BCUT2D eigenvalue weighted by Gasteiger charge is -2.12. The van der Waals surface area contributed by atoms with Crippen LogP contribution in [0.4, 0.5) is 0 Å². The minimum absolute atomic E-state index is 0.362. The van der Waals surface area contributed by atoms with Gasteiger partial charge in [-0.2, -0.15) is 10.5 Å². The van der Waals surface area contributed by atoms with Crippen LogP contribution in [0.3, 0.4) is 0 Å². The number of rotatable bonds is 2. The second-order valence-corrected chi connectivity index (χ2v) is 15.5. The van der Waals surface area contributed by atoms with Gasteiger partial charge in [-0.05, 0) is 117 Å². The van der Waals surface area contributed by atoms with E-state index in [1.165, 1.54) is 72.0 Å². The van der Waals surface area contributed by atoms with Crippen molar-refractivity contribution in [3.05, 3.63) is 106 Å². The Morgan fingerprint density at radius 2 is 0.929 bits per heavy atom. The second-order valence-electron chi connectivity index (χ2n) is 11.2. The lowest BCUT2D eigenvalue weighted by molar-refractivity contribution is 0.946. The van der Waals surface area contributed by atoms with Crippen molar-refractivity contribution in [1.29, 1.82) is 10.5 Å². The normalized spacial score (nSPS) is 16.3. The maximum Gasteiger partial charge on any atom is 0.0991 e. The van der Waals surface area contributed by atoms with E-state index in [9.17, 15) is 10.5 Å². The van der Waals surface area contributed by atoms with Crippen LogP contribution in [-0.4, -0.2) is 0 Å². The quantitative estimate of drug-likeness (QED) is 0.196. The fourth-order valence-corrected chi connectivity index (χ4v) is 11.5. The Balaban J connectivity index is 1.10. The summed E-state index contributed by atoms with van der Waals surface area (Å²) < 4.78 is 2.46. The van der Waals surface area contributed by atoms with Crippen molar-refractivity contribution in [3.8, 4) is 52.5 Å². The van der Waals surface area contributed by atoms with Crippen LogP contribution in [0.15, 0.2) is 72.8 Å². The van der Waals surface area contributed by atoms with Gasteiger partial charge in [-0.3, -0.25) is 0 Å². The summed E-state index contributed by atoms with van der Waals surface area (Å²) in [6.07, 6.45) is 0. The Hall–Kier alpha value is -4.04. The summed E-state index contributed by atoms with van der Waals surface area (Å²) in [7, 11) is 0. The van der Waals surface area contributed by atoms with Crippen molar-refractivity contribution in [1.82, 2.24) is 0 Å². The summed E-state index contributed by atoms with van der Waals surface area (Å²) >= 11 is 7.45. The Kier molecular flexibility index (Phi) is 5.11. The van der Waals surface area contributed by atoms with Gasteiger partial charge in [-0.15, -0.1) is 45.3 Å². The molecule has 0 saturated heterocycles. The van der Waals surface area contributed by atoms with Gasteiger partial charge in [-0.25, -0.2) is 0 Å². The van der Waals surface area contributed by atoms with E-state index in [2.05, 4.69) is 74.5 Å². The predicted molar refractivity (Wildman–Crippen MR) is 179 cm³/mol. The molecule has 0 N–H and O–H groups in total. The van der Waals surface area contributed by atoms with Crippen molar-refractivity contribution >= 4 is 65.5 Å². The molecule has 3 aromatic carbocycles. The molecule has 0 fully saturated rings. The third-order valence-corrected chi connectivity index (χ3v) is 13.9. The predicted octanol–water partition coefficient (Wildman–Crippen LogP) is 11.6. The summed E-state index contributed by atoms with van der Waals surface area (Å²) in [5.74, 6) is 0.723. The van der Waals surface area contributed by atoms with Crippen molar-refractivity contribution in [2.75, 3.05) is 0 Å².